The minimum Gasteiger partial charge on any atom is -0.496 e. The lowest BCUT2D eigenvalue weighted by atomic mass is 9.89. The molecule has 6 heteroatoms. The van der Waals surface area contributed by atoms with E-state index in [1.807, 2.05) is 17.0 Å². The minimum absolute atomic E-state index is 0.0799. The van der Waals surface area contributed by atoms with Gasteiger partial charge in [-0.3, -0.25) is 4.79 Å². The first kappa shape index (κ1) is 17.9. The lowest BCUT2D eigenvalue weighted by molar-refractivity contribution is 0.0600. The third-order valence-electron chi connectivity index (χ3n) is 4.66. The summed E-state index contributed by atoms with van der Waals surface area (Å²) >= 11 is 0. The van der Waals surface area contributed by atoms with Gasteiger partial charge in [-0.25, -0.2) is 9.78 Å². The van der Waals surface area contributed by atoms with Crippen molar-refractivity contribution in [2.24, 2.45) is 5.92 Å². The van der Waals surface area contributed by atoms with Crippen LogP contribution < -0.4 is 9.64 Å². The molecular formula is C20H22N2O4. The highest BCUT2D eigenvalue weighted by Crippen LogP contribution is 2.28. The third-order valence-corrected chi connectivity index (χ3v) is 4.66. The number of methoxy groups -OCH3 is 2. The molecule has 136 valence electrons. The lowest BCUT2D eigenvalue weighted by Gasteiger charge is -2.33. The van der Waals surface area contributed by atoms with E-state index >= 15 is 0 Å². The molecule has 1 fully saturated rings. The molecule has 0 radical (unpaired) electrons. The van der Waals surface area contributed by atoms with Crippen LogP contribution in [0.5, 0.6) is 5.75 Å². The van der Waals surface area contributed by atoms with Crippen LogP contribution >= 0.6 is 0 Å². The first-order chi connectivity index (χ1) is 12.6. The summed E-state index contributed by atoms with van der Waals surface area (Å²) in [5.41, 5.74) is 1.06. The van der Waals surface area contributed by atoms with Gasteiger partial charge in [0.15, 0.2) is 5.78 Å². The van der Waals surface area contributed by atoms with Gasteiger partial charge in [-0.2, -0.15) is 0 Å². The van der Waals surface area contributed by atoms with Crippen molar-refractivity contribution < 1.29 is 19.1 Å². The van der Waals surface area contributed by atoms with Crippen LogP contribution in [0.3, 0.4) is 0 Å². The van der Waals surface area contributed by atoms with Crippen molar-refractivity contribution in [3.8, 4) is 5.75 Å². The molecule has 26 heavy (non-hydrogen) atoms. The van der Waals surface area contributed by atoms with Gasteiger partial charge >= 0.3 is 5.97 Å². The molecule has 0 unspecified atom stereocenters. The number of benzene rings is 1. The predicted molar refractivity (Wildman–Crippen MR) is 97.8 cm³/mol. The maximum absolute atomic E-state index is 13.0. The van der Waals surface area contributed by atoms with Gasteiger partial charge in [-0.1, -0.05) is 12.1 Å². The second kappa shape index (κ2) is 7.99. The summed E-state index contributed by atoms with van der Waals surface area (Å²) in [5.74, 6) is 0.832. The van der Waals surface area contributed by atoms with Gasteiger partial charge in [0.1, 0.15) is 11.6 Å². The molecule has 1 saturated heterocycles. The smallest absolute Gasteiger partial charge is 0.338 e. The Morgan fingerprint density at radius 1 is 1.19 bits per heavy atom. The molecule has 2 heterocycles. The standard InChI is InChI=1S/C20H22N2O4/c1-25-17-8-4-3-7-16(17)19(23)15-6-5-11-22(13-15)18-12-14(9-10-21-18)20(24)26-2/h3-4,7-10,12,15H,5-6,11,13H2,1-2H3/t15-/m0/s1. The first-order valence-corrected chi connectivity index (χ1v) is 8.60. The summed E-state index contributed by atoms with van der Waals surface area (Å²) in [7, 11) is 2.92. The molecule has 0 amide bonds. The zero-order valence-corrected chi connectivity index (χ0v) is 15.0. The van der Waals surface area contributed by atoms with Crippen molar-refractivity contribution >= 4 is 17.6 Å². The molecule has 1 aliphatic rings. The Hall–Kier alpha value is -2.89. The van der Waals surface area contributed by atoms with E-state index in [0.717, 1.165) is 19.4 Å². The number of para-hydroxylation sites is 1. The van der Waals surface area contributed by atoms with Crippen molar-refractivity contribution in [2.75, 3.05) is 32.2 Å². The van der Waals surface area contributed by atoms with Crippen molar-refractivity contribution in [3.63, 3.8) is 0 Å². The Bertz CT molecular complexity index is 806. The fourth-order valence-electron chi connectivity index (χ4n) is 3.30. The van der Waals surface area contributed by atoms with E-state index in [0.29, 0.717) is 29.2 Å². The molecule has 0 spiro atoms. The number of aromatic nitrogens is 1. The maximum Gasteiger partial charge on any atom is 0.338 e. The minimum atomic E-state index is -0.396. The van der Waals surface area contributed by atoms with E-state index in [1.165, 1.54) is 7.11 Å². The number of rotatable bonds is 5. The van der Waals surface area contributed by atoms with E-state index in [2.05, 4.69) is 4.98 Å². The van der Waals surface area contributed by atoms with Crippen molar-refractivity contribution in [1.29, 1.82) is 0 Å². The highest BCUT2D eigenvalue weighted by Gasteiger charge is 2.29. The largest absolute Gasteiger partial charge is 0.496 e. The monoisotopic (exact) mass is 354 g/mol. The molecule has 6 nitrogen and oxygen atoms in total. The summed E-state index contributed by atoms with van der Waals surface area (Å²) in [6.45, 7) is 1.36. The average molecular weight is 354 g/mol. The number of pyridine rings is 1. The topological polar surface area (TPSA) is 68.7 Å². The number of hydrogen-bond acceptors (Lipinski definition) is 6. The molecular weight excluding hydrogens is 332 g/mol. The van der Waals surface area contributed by atoms with Crippen molar-refractivity contribution in [1.82, 2.24) is 4.98 Å². The maximum atomic E-state index is 13.0. The second-order valence-corrected chi connectivity index (χ2v) is 6.24. The number of carbonyl (C=O) groups excluding carboxylic acids is 2. The molecule has 0 N–H and O–H groups in total. The average Bonchev–Trinajstić information content (AvgIpc) is 2.72. The normalized spacial score (nSPS) is 16.8. The molecule has 1 aliphatic heterocycles. The Labute approximate surface area is 152 Å². The van der Waals surface area contributed by atoms with E-state index in [4.69, 9.17) is 9.47 Å². The van der Waals surface area contributed by atoms with Gasteiger partial charge in [-0.05, 0) is 37.1 Å². The van der Waals surface area contributed by atoms with Crippen LogP contribution in [0.25, 0.3) is 0 Å². The lowest BCUT2D eigenvalue weighted by Crippen LogP contribution is -2.39. The second-order valence-electron chi connectivity index (χ2n) is 6.24. The van der Waals surface area contributed by atoms with Crippen LogP contribution in [0.4, 0.5) is 5.82 Å². The molecule has 3 rings (SSSR count). The van der Waals surface area contributed by atoms with E-state index in [-0.39, 0.29) is 11.7 Å². The Kier molecular flexibility index (Phi) is 5.51. The van der Waals surface area contributed by atoms with Gasteiger partial charge in [-0.15, -0.1) is 0 Å². The molecule has 2 aromatic rings. The SMILES string of the molecule is COC(=O)c1ccnc(N2CCC[C@H](C(=O)c3ccccc3OC)C2)c1. The summed E-state index contributed by atoms with van der Waals surface area (Å²) in [6.07, 6.45) is 3.30. The van der Waals surface area contributed by atoms with Gasteiger partial charge in [0.05, 0.1) is 25.3 Å². The number of esters is 1. The first-order valence-electron chi connectivity index (χ1n) is 8.60. The third kappa shape index (κ3) is 3.69. The van der Waals surface area contributed by atoms with Crippen molar-refractivity contribution in [3.05, 3.63) is 53.7 Å². The summed E-state index contributed by atoms with van der Waals surface area (Å²) in [5, 5.41) is 0. The van der Waals surface area contributed by atoms with Gasteiger partial charge in [0.2, 0.25) is 0 Å². The number of ketones is 1. The van der Waals surface area contributed by atoms with Gasteiger partial charge in [0.25, 0.3) is 0 Å². The van der Waals surface area contributed by atoms with Gasteiger partial charge < -0.3 is 14.4 Å². The number of nitrogens with zero attached hydrogens (tertiary/aromatic N) is 2. The number of hydrogen-bond donors (Lipinski definition) is 0. The van der Waals surface area contributed by atoms with Crippen LogP contribution in [0.2, 0.25) is 0 Å². The Balaban J connectivity index is 1.79. The summed E-state index contributed by atoms with van der Waals surface area (Å²) in [6, 6.07) is 10.6. The molecule has 1 aromatic carbocycles. The quantitative estimate of drug-likeness (QED) is 0.607. The number of piperidine rings is 1. The highest BCUT2D eigenvalue weighted by molar-refractivity contribution is 6.00. The zero-order valence-electron chi connectivity index (χ0n) is 15.0. The number of carbonyl (C=O) groups is 2. The van der Waals surface area contributed by atoms with E-state index in [9.17, 15) is 9.59 Å². The van der Waals surface area contributed by atoms with E-state index in [1.54, 1.807) is 37.6 Å². The molecule has 1 aromatic heterocycles. The van der Waals surface area contributed by atoms with Crippen LogP contribution in [-0.4, -0.2) is 44.0 Å². The summed E-state index contributed by atoms with van der Waals surface area (Å²) < 4.78 is 10.1. The number of anilines is 1. The van der Waals surface area contributed by atoms with Crippen molar-refractivity contribution in [2.45, 2.75) is 12.8 Å². The molecule has 0 bridgehead atoms. The zero-order chi connectivity index (χ0) is 18.5. The number of Topliss-reactive ketones (excluding diaryl/α,β-unsaturated/α-hetero) is 1. The predicted octanol–water partition coefficient (Wildman–Crippen LogP) is 2.98. The molecule has 0 aliphatic carbocycles. The fourth-order valence-corrected chi connectivity index (χ4v) is 3.30. The highest BCUT2D eigenvalue weighted by atomic mass is 16.5. The fraction of sp³-hybridized carbons (Fsp3) is 0.350. The Morgan fingerprint density at radius 2 is 2.00 bits per heavy atom. The van der Waals surface area contributed by atoms with Crippen LogP contribution in [0.15, 0.2) is 42.6 Å². The van der Waals surface area contributed by atoms with Crippen LogP contribution in [-0.2, 0) is 4.74 Å². The van der Waals surface area contributed by atoms with E-state index < -0.39 is 5.97 Å². The summed E-state index contributed by atoms with van der Waals surface area (Å²) in [4.78, 5) is 31.1. The van der Waals surface area contributed by atoms with Crippen LogP contribution in [0.1, 0.15) is 33.6 Å². The molecule has 1 atom stereocenters. The van der Waals surface area contributed by atoms with Gasteiger partial charge in [0, 0.05) is 25.2 Å². The van der Waals surface area contributed by atoms with Crippen LogP contribution in [0, 0.1) is 5.92 Å². The Morgan fingerprint density at radius 3 is 2.77 bits per heavy atom. The number of ether oxygens (including phenoxy) is 2. The molecule has 0 saturated carbocycles.